The Bertz CT molecular complexity index is 1200. The number of carbonyl (C=O) groups is 2. The van der Waals surface area contributed by atoms with Crippen molar-refractivity contribution in [2.24, 2.45) is 0 Å². The van der Waals surface area contributed by atoms with E-state index < -0.39 is 6.03 Å². The zero-order valence-electron chi connectivity index (χ0n) is 18.9. The Balaban J connectivity index is 1.46. The third-order valence-electron chi connectivity index (χ3n) is 5.74. The molecule has 0 aliphatic carbocycles. The van der Waals surface area contributed by atoms with E-state index in [9.17, 15) is 9.59 Å². The summed E-state index contributed by atoms with van der Waals surface area (Å²) in [6, 6.07) is 23.7. The number of carbonyl (C=O) groups excluding carboxylic acids is 2. The molecule has 1 saturated heterocycles. The smallest absolute Gasteiger partial charge is 0.323 e. The van der Waals surface area contributed by atoms with Gasteiger partial charge in [0.15, 0.2) is 0 Å². The van der Waals surface area contributed by atoms with E-state index in [1.54, 1.807) is 36.4 Å². The molecule has 1 fully saturated rings. The lowest BCUT2D eigenvalue weighted by molar-refractivity contribution is 0.0954. The molecule has 0 aromatic heterocycles. The Morgan fingerprint density at radius 2 is 1.62 bits per heavy atom. The molecule has 0 spiro atoms. The van der Waals surface area contributed by atoms with Crippen molar-refractivity contribution >= 4 is 29.0 Å². The molecule has 3 amide bonds. The van der Waals surface area contributed by atoms with Crippen molar-refractivity contribution in [3.05, 3.63) is 89.5 Å². The van der Waals surface area contributed by atoms with Crippen LogP contribution in [0.25, 0.3) is 0 Å². The zero-order chi connectivity index (χ0) is 23.8. The maximum Gasteiger partial charge on any atom is 0.323 e. The van der Waals surface area contributed by atoms with Crippen LogP contribution in [0.15, 0.2) is 72.8 Å². The van der Waals surface area contributed by atoms with Gasteiger partial charge in [-0.2, -0.15) is 5.26 Å². The minimum absolute atomic E-state index is 0.163. The summed E-state index contributed by atoms with van der Waals surface area (Å²) in [6.07, 6.45) is 2.94. The lowest BCUT2D eigenvalue weighted by Crippen LogP contribution is -2.29. The molecule has 0 radical (unpaired) electrons. The molecule has 0 atom stereocenters. The van der Waals surface area contributed by atoms with Crippen LogP contribution in [-0.4, -0.2) is 31.6 Å². The Morgan fingerprint density at radius 1 is 0.882 bits per heavy atom. The second-order valence-corrected chi connectivity index (χ2v) is 8.19. The second kappa shape index (κ2) is 11.0. The van der Waals surface area contributed by atoms with Gasteiger partial charge in [0.05, 0.1) is 17.2 Å². The molecular weight excluding hydrogens is 426 g/mol. The highest BCUT2D eigenvalue weighted by Crippen LogP contribution is 2.28. The number of anilines is 3. The van der Waals surface area contributed by atoms with Gasteiger partial charge in [-0.05, 0) is 61.2 Å². The van der Waals surface area contributed by atoms with Crippen LogP contribution < -0.4 is 20.9 Å². The van der Waals surface area contributed by atoms with Gasteiger partial charge in [-0.25, -0.2) is 4.79 Å². The maximum absolute atomic E-state index is 13.1. The van der Waals surface area contributed by atoms with E-state index in [2.05, 4.69) is 20.9 Å². The summed E-state index contributed by atoms with van der Waals surface area (Å²) < 4.78 is 0. The van der Waals surface area contributed by atoms with E-state index in [4.69, 9.17) is 5.26 Å². The lowest BCUT2D eigenvalue weighted by Gasteiger charge is -2.22. The number of rotatable bonds is 7. The molecule has 172 valence electrons. The number of urea groups is 1. The van der Waals surface area contributed by atoms with Crippen molar-refractivity contribution < 1.29 is 9.59 Å². The Labute approximate surface area is 199 Å². The van der Waals surface area contributed by atoms with Crippen LogP contribution in [0.4, 0.5) is 21.9 Å². The highest BCUT2D eigenvalue weighted by molar-refractivity contribution is 6.04. The third-order valence-corrected chi connectivity index (χ3v) is 5.74. The van der Waals surface area contributed by atoms with Crippen LogP contribution in [0.5, 0.6) is 0 Å². The largest absolute Gasteiger partial charge is 0.371 e. The minimum Gasteiger partial charge on any atom is -0.371 e. The molecule has 1 aliphatic rings. The highest BCUT2D eigenvalue weighted by Gasteiger charge is 2.20. The van der Waals surface area contributed by atoms with E-state index in [1.807, 2.05) is 42.5 Å². The number of amides is 3. The number of hydrogen-bond donors (Lipinski definition) is 3. The predicted octanol–water partition coefficient (Wildman–Crippen LogP) is 4.77. The quantitative estimate of drug-likeness (QED) is 0.480. The van der Waals surface area contributed by atoms with Gasteiger partial charge in [0.1, 0.15) is 0 Å². The molecule has 3 N–H and O–H groups in total. The summed E-state index contributed by atoms with van der Waals surface area (Å²) in [4.78, 5) is 27.8. The number of nitrogens with one attached hydrogen (secondary N) is 3. The highest BCUT2D eigenvalue weighted by atomic mass is 16.2. The molecule has 0 unspecified atom stereocenters. The van der Waals surface area contributed by atoms with Gasteiger partial charge < -0.3 is 20.9 Å². The van der Waals surface area contributed by atoms with Crippen LogP contribution in [0.3, 0.4) is 0 Å². The number of nitriles is 1. The van der Waals surface area contributed by atoms with Gasteiger partial charge in [-0.1, -0.05) is 36.4 Å². The van der Waals surface area contributed by atoms with Crippen molar-refractivity contribution in [2.75, 3.05) is 35.2 Å². The van der Waals surface area contributed by atoms with Crippen LogP contribution in [-0.2, 0) is 6.42 Å². The molecule has 3 aromatic rings. The van der Waals surface area contributed by atoms with Crippen molar-refractivity contribution in [2.45, 2.75) is 19.3 Å². The average molecular weight is 454 g/mol. The summed E-state index contributed by atoms with van der Waals surface area (Å²) in [6.45, 7) is 2.34. The van der Waals surface area contributed by atoms with Crippen LogP contribution in [0.2, 0.25) is 0 Å². The van der Waals surface area contributed by atoms with E-state index in [1.165, 1.54) is 0 Å². The molecular formula is C27H27N5O2. The number of nitrogens with zero attached hydrogens (tertiary/aromatic N) is 2. The SMILES string of the molecule is N#Cc1cccc(NC(=O)Nc2ccc(N3CCCC3)c(C(=O)NCCc3ccccc3)c2)c1. The summed E-state index contributed by atoms with van der Waals surface area (Å²) in [5, 5.41) is 17.6. The Morgan fingerprint density at radius 3 is 2.35 bits per heavy atom. The molecule has 7 nitrogen and oxygen atoms in total. The third kappa shape index (κ3) is 5.93. The fraction of sp³-hybridized carbons (Fsp3) is 0.222. The van der Waals surface area contributed by atoms with Crippen molar-refractivity contribution in [3.63, 3.8) is 0 Å². The molecule has 7 heteroatoms. The maximum atomic E-state index is 13.1. The van der Waals surface area contributed by atoms with Gasteiger partial charge in [0, 0.05) is 36.7 Å². The summed E-state index contributed by atoms with van der Waals surface area (Å²) in [5.41, 5.74) is 4.08. The van der Waals surface area contributed by atoms with Crippen LogP contribution >= 0.6 is 0 Å². The summed E-state index contributed by atoms with van der Waals surface area (Å²) in [5.74, 6) is -0.163. The Kier molecular flexibility index (Phi) is 7.41. The van der Waals surface area contributed by atoms with Gasteiger partial charge in [-0.3, -0.25) is 4.79 Å². The van der Waals surface area contributed by atoms with Crippen molar-refractivity contribution in [1.82, 2.24) is 5.32 Å². The van der Waals surface area contributed by atoms with Gasteiger partial charge in [-0.15, -0.1) is 0 Å². The van der Waals surface area contributed by atoms with E-state index in [0.29, 0.717) is 29.0 Å². The average Bonchev–Trinajstić information content (AvgIpc) is 3.39. The lowest BCUT2D eigenvalue weighted by atomic mass is 10.1. The molecule has 1 heterocycles. The molecule has 0 saturated carbocycles. The van der Waals surface area contributed by atoms with E-state index in [0.717, 1.165) is 43.6 Å². The first-order chi connectivity index (χ1) is 16.6. The Hall–Kier alpha value is -4.31. The molecule has 34 heavy (non-hydrogen) atoms. The van der Waals surface area contributed by atoms with Gasteiger partial charge in [0.2, 0.25) is 0 Å². The minimum atomic E-state index is -0.445. The fourth-order valence-corrected chi connectivity index (χ4v) is 4.05. The number of benzene rings is 3. The van der Waals surface area contributed by atoms with Gasteiger partial charge in [0.25, 0.3) is 5.91 Å². The molecule has 4 rings (SSSR count). The molecule has 3 aromatic carbocycles. The normalized spacial score (nSPS) is 12.6. The first-order valence-electron chi connectivity index (χ1n) is 11.4. The topological polar surface area (TPSA) is 97.3 Å². The van der Waals surface area contributed by atoms with Gasteiger partial charge >= 0.3 is 6.03 Å². The first kappa shape index (κ1) is 22.9. The summed E-state index contributed by atoms with van der Waals surface area (Å²) >= 11 is 0. The second-order valence-electron chi connectivity index (χ2n) is 8.19. The van der Waals surface area contributed by atoms with Crippen molar-refractivity contribution in [3.8, 4) is 6.07 Å². The first-order valence-corrected chi connectivity index (χ1v) is 11.4. The standard InChI is InChI=1S/C27H27N5O2/c28-19-21-9-6-10-22(17-21)30-27(34)31-23-11-12-25(32-15-4-5-16-32)24(18-23)26(33)29-14-13-20-7-2-1-3-8-20/h1-3,6-12,17-18H,4-5,13-16H2,(H,29,33)(H2,30,31,34). The van der Waals surface area contributed by atoms with Crippen molar-refractivity contribution in [1.29, 1.82) is 5.26 Å². The molecule has 1 aliphatic heterocycles. The van der Waals surface area contributed by atoms with E-state index in [-0.39, 0.29) is 5.91 Å². The number of hydrogen-bond acceptors (Lipinski definition) is 4. The zero-order valence-corrected chi connectivity index (χ0v) is 18.9. The fourth-order valence-electron chi connectivity index (χ4n) is 4.05. The predicted molar refractivity (Wildman–Crippen MR) is 134 cm³/mol. The van der Waals surface area contributed by atoms with Crippen LogP contribution in [0.1, 0.15) is 34.3 Å². The van der Waals surface area contributed by atoms with E-state index >= 15 is 0 Å². The summed E-state index contributed by atoms with van der Waals surface area (Å²) in [7, 11) is 0. The molecule has 0 bridgehead atoms. The monoisotopic (exact) mass is 453 g/mol. The van der Waals surface area contributed by atoms with Crippen LogP contribution in [0, 0.1) is 11.3 Å².